The highest BCUT2D eigenvalue weighted by atomic mass is 32.2. The Kier molecular flexibility index (Phi) is 6.32. The van der Waals surface area contributed by atoms with Gasteiger partial charge in [-0.3, -0.25) is 4.79 Å². The van der Waals surface area contributed by atoms with Gasteiger partial charge in [-0.25, -0.2) is 4.39 Å². The normalized spacial score (nSPS) is 14.7. The first-order valence-electron chi connectivity index (χ1n) is 9.92. The van der Waals surface area contributed by atoms with Gasteiger partial charge in [0.15, 0.2) is 5.82 Å². The summed E-state index contributed by atoms with van der Waals surface area (Å²) >= 11 is 1.37. The Morgan fingerprint density at radius 1 is 1.20 bits per heavy atom. The third-order valence-corrected chi connectivity index (χ3v) is 5.98. The SMILES string of the molecule is Cc1ccc(CNC(=O)C2CCN(c3ccc(Sc4cccc(F)c4)nn3)CC2)o1. The Morgan fingerprint density at radius 3 is 2.70 bits per heavy atom. The maximum atomic E-state index is 13.3. The molecule has 1 aromatic carbocycles. The molecule has 8 heteroatoms. The Balaban J connectivity index is 1.26. The molecule has 0 aliphatic carbocycles. The third-order valence-electron chi connectivity index (χ3n) is 5.07. The Bertz CT molecular complexity index is 1000. The van der Waals surface area contributed by atoms with E-state index >= 15 is 0 Å². The molecule has 3 aromatic rings. The number of benzene rings is 1. The van der Waals surface area contributed by atoms with Crippen LogP contribution < -0.4 is 10.2 Å². The van der Waals surface area contributed by atoms with Gasteiger partial charge in [0.2, 0.25) is 5.91 Å². The maximum absolute atomic E-state index is 13.3. The quantitative estimate of drug-likeness (QED) is 0.637. The fourth-order valence-corrected chi connectivity index (χ4v) is 4.23. The molecule has 0 radical (unpaired) electrons. The van der Waals surface area contributed by atoms with Crippen molar-refractivity contribution in [2.75, 3.05) is 18.0 Å². The summed E-state index contributed by atoms with van der Waals surface area (Å²) in [6.45, 7) is 3.81. The summed E-state index contributed by atoms with van der Waals surface area (Å²) in [5, 5.41) is 12.3. The Labute approximate surface area is 178 Å². The van der Waals surface area contributed by atoms with Crippen LogP contribution in [-0.4, -0.2) is 29.2 Å². The summed E-state index contributed by atoms with van der Waals surface area (Å²) in [5.74, 6) is 2.20. The molecule has 0 atom stereocenters. The number of piperidine rings is 1. The molecule has 4 rings (SSSR count). The second-order valence-corrected chi connectivity index (χ2v) is 8.37. The molecule has 1 saturated heterocycles. The molecule has 156 valence electrons. The van der Waals surface area contributed by atoms with E-state index in [0.717, 1.165) is 48.2 Å². The minimum Gasteiger partial charge on any atom is -0.465 e. The molecule has 6 nitrogen and oxygen atoms in total. The first-order valence-corrected chi connectivity index (χ1v) is 10.7. The Hall–Kier alpha value is -2.87. The van der Waals surface area contributed by atoms with Gasteiger partial charge in [-0.15, -0.1) is 10.2 Å². The average molecular weight is 427 g/mol. The lowest BCUT2D eigenvalue weighted by atomic mass is 9.96. The molecule has 1 aliphatic rings. The third kappa shape index (κ3) is 5.18. The van der Waals surface area contributed by atoms with Crippen molar-refractivity contribution in [1.29, 1.82) is 0 Å². The van der Waals surface area contributed by atoms with Crippen molar-refractivity contribution < 1.29 is 13.6 Å². The number of halogens is 1. The molecule has 0 spiro atoms. The predicted molar refractivity (Wildman–Crippen MR) is 113 cm³/mol. The van der Waals surface area contributed by atoms with E-state index in [-0.39, 0.29) is 17.6 Å². The van der Waals surface area contributed by atoms with Gasteiger partial charge >= 0.3 is 0 Å². The van der Waals surface area contributed by atoms with E-state index in [1.807, 2.05) is 37.3 Å². The van der Waals surface area contributed by atoms with E-state index in [4.69, 9.17) is 4.42 Å². The standard InChI is InChI=1S/C22H23FN4O2S/c1-15-5-6-18(29-15)14-24-22(28)16-9-11-27(12-10-16)20-7-8-21(26-25-20)30-19-4-2-3-17(23)13-19/h2-8,13,16H,9-12,14H2,1H3,(H,24,28). The summed E-state index contributed by atoms with van der Waals surface area (Å²) < 4.78 is 18.8. The average Bonchev–Trinajstić information content (AvgIpc) is 3.18. The highest BCUT2D eigenvalue weighted by molar-refractivity contribution is 7.99. The van der Waals surface area contributed by atoms with E-state index in [1.165, 1.54) is 23.9 Å². The van der Waals surface area contributed by atoms with Crippen molar-refractivity contribution in [3.05, 3.63) is 65.9 Å². The summed E-state index contributed by atoms with van der Waals surface area (Å²) in [5.41, 5.74) is 0. The number of hydrogen-bond donors (Lipinski definition) is 1. The van der Waals surface area contributed by atoms with Gasteiger partial charge in [-0.2, -0.15) is 0 Å². The van der Waals surface area contributed by atoms with E-state index in [1.54, 1.807) is 6.07 Å². The van der Waals surface area contributed by atoms with Crippen molar-refractivity contribution in [3.63, 3.8) is 0 Å². The number of hydrogen-bond acceptors (Lipinski definition) is 6. The van der Waals surface area contributed by atoms with Crippen LogP contribution >= 0.6 is 11.8 Å². The van der Waals surface area contributed by atoms with Gasteiger partial charge in [-0.05, 0) is 62.2 Å². The number of carbonyl (C=O) groups is 1. The van der Waals surface area contributed by atoms with Gasteiger partial charge in [0.25, 0.3) is 0 Å². The number of aryl methyl sites for hydroxylation is 1. The molecule has 0 saturated carbocycles. The first kappa shape index (κ1) is 20.4. The maximum Gasteiger partial charge on any atom is 0.223 e. The van der Waals surface area contributed by atoms with Gasteiger partial charge in [-0.1, -0.05) is 17.8 Å². The van der Waals surface area contributed by atoms with Gasteiger partial charge in [0.05, 0.1) is 6.54 Å². The van der Waals surface area contributed by atoms with Gasteiger partial charge in [0, 0.05) is 23.9 Å². The fraction of sp³-hybridized carbons (Fsp3) is 0.318. The second-order valence-electron chi connectivity index (χ2n) is 7.28. The number of amides is 1. The van der Waals surface area contributed by atoms with Crippen molar-refractivity contribution in [2.45, 2.75) is 36.2 Å². The largest absolute Gasteiger partial charge is 0.465 e. The van der Waals surface area contributed by atoms with Crippen LogP contribution in [0.3, 0.4) is 0 Å². The van der Waals surface area contributed by atoms with Gasteiger partial charge in [0.1, 0.15) is 22.4 Å². The molecule has 0 unspecified atom stereocenters. The second kappa shape index (κ2) is 9.30. The minimum atomic E-state index is -0.268. The molecule has 1 amide bonds. The number of nitrogens with one attached hydrogen (secondary N) is 1. The fourth-order valence-electron chi connectivity index (χ4n) is 3.46. The number of aromatic nitrogens is 2. The van der Waals surface area contributed by atoms with Crippen LogP contribution in [0.2, 0.25) is 0 Å². The lowest BCUT2D eigenvalue weighted by Gasteiger charge is -2.31. The molecular weight excluding hydrogens is 403 g/mol. The summed E-state index contributed by atoms with van der Waals surface area (Å²) in [6.07, 6.45) is 1.54. The van der Waals surface area contributed by atoms with Crippen LogP contribution in [-0.2, 0) is 11.3 Å². The molecule has 30 heavy (non-hydrogen) atoms. The van der Waals surface area contributed by atoms with Crippen LogP contribution in [0.1, 0.15) is 24.4 Å². The molecule has 0 bridgehead atoms. The molecule has 2 aromatic heterocycles. The zero-order valence-corrected chi connectivity index (χ0v) is 17.5. The molecule has 1 aliphatic heterocycles. The lowest BCUT2D eigenvalue weighted by molar-refractivity contribution is -0.125. The highest BCUT2D eigenvalue weighted by Gasteiger charge is 2.25. The lowest BCUT2D eigenvalue weighted by Crippen LogP contribution is -2.40. The zero-order chi connectivity index (χ0) is 20.9. The summed E-state index contributed by atoms with van der Waals surface area (Å²) in [4.78, 5) is 15.4. The molecule has 1 fully saturated rings. The van der Waals surface area contributed by atoms with E-state index in [2.05, 4.69) is 20.4 Å². The number of rotatable bonds is 6. The summed E-state index contributed by atoms with van der Waals surface area (Å²) in [6, 6.07) is 14.0. The van der Waals surface area contributed by atoms with Crippen molar-refractivity contribution in [2.24, 2.45) is 5.92 Å². The van der Waals surface area contributed by atoms with E-state index < -0.39 is 0 Å². The van der Waals surface area contributed by atoms with E-state index in [0.29, 0.717) is 11.6 Å². The smallest absolute Gasteiger partial charge is 0.223 e. The predicted octanol–water partition coefficient (Wildman–Crippen LogP) is 4.20. The van der Waals surface area contributed by atoms with Crippen molar-refractivity contribution in [1.82, 2.24) is 15.5 Å². The highest BCUT2D eigenvalue weighted by Crippen LogP contribution is 2.28. The van der Waals surface area contributed by atoms with Gasteiger partial charge < -0.3 is 14.6 Å². The number of carbonyl (C=O) groups excluding carboxylic acids is 1. The van der Waals surface area contributed by atoms with Crippen molar-refractivity contribution >= 4 is 23.5 Å². The molecular formula is C22H23FN4O2S. The topological polar surface area (TPSA) is 71.3 Å². The summed E-state index contributed by atoms with van der Waals surface area (Å²) in [7, 11) is 0. The number of anilines is 1. The molecule has 1 N–H and O–H groups in total. The zero-order valence-electron chi connectivity index (χ0n) is 16.7. The van der Waals surface area contributed by atoms with Crippen LogP contribution in [0.5, 0.6) is 0 Å². The minimum absolute atomic E-state index is 0.00641. The first-order chi connectivity index (χ1) is 14.6. The number of nitrogens with zero attached hydrogens (tertiary/aromatic N) is 3. The van der Waals surface area contributed by atoms with Crippen molar-refractivity contribution in [3.8, 4) is 0 Å². The van der Waals surface area contributed by atoms with Crippen LogP contribution in [0, 0.1) is 18.7 Å². The van der Waals surface area contributed by atoms with Crippen LogP contribution in [0.15, 0.2) is 62.9 Å². The molecule has 3 heterocycles. The monoisotopic (exact) mass is 426 g/mol. The van der Waals surface area contributed by atoms with E-state index in [9.17, 15) is 9.18 Å². The van der Waals surface area contributed by atoms with Crippen LogP contribution in [0.25, 0.3) is 0 Å². The Morgan fingerprint density at radius 2 is 2.03 bits per heavy atom. The number of furan rings is 1. The van der Waals surface area contributed by atoms with Crippen LogP contribution in [0.4, 0.5) is 10.2 Å².